The van der Waals surface area contributed by atoms with Crippen molar-refractivity contribution in [3.05, 3.63) is 45.1 Å². The van der Waals surface area contributed by atoms with E-state index in [4.69, 9.17) is 11.6 Å². The van der Waals surface area contributed by atoms with Crippen LogP contribution in [0.15, 0.2) is 28.9 Å². The topological polar surface area (TPSA) is 57.8 Å². The third-order valence-corrected chi connectivity index (χ3v) is 3.07. The van der Waals surface area contributed by atoms with Crippen molar-refractivity contribution < 1.29 is 4.79 Å². The minimum Gasteiger partial charge on any atom is -0.320 e. The maximum atomic E-state index is 11.9. The molecular formula is C11H9BrClN3O. The number of nitrogens with zero attached hydrogens (tertiary/aromatic N) is 1. The molecule has 2 aromatic rings. The molecule has 1 amide bonds. The minimum absolute atomic E-state index is 0.240. The average Bonchev–Trinajstić information content (AvgIpc) is 2.70. The van der Waals surface area contributed by atoms with E-state index in [2.05, 4.69) is 31.4 Å². The molecule has 0 saturated heterocycles. The summed E-state index contributed by atoms with van der Waals surface area (Å²) in [4.78, 5) is 11.9. The van der Waals surface area contributed by atoms with Gasteiger partial charge >= 0.3 is 0 Å². The fourth-order valence-electron chi connectivity index (χ4n) is 1.36. The van der Waals surface area contributed by atoms with Crippen molar-refractivity contribution in [3.63, 3.8) is 0 Å². The number of H-pyrrole nitrogens is 1. The lowest BCUT2D eigenvalue weighted by Gasteiger charge is -2.06. The lowest BCUT2D eigenvalue weighted by Crippen LogP contribution is -2.12. The molecule has 2 N–H and O–H groups in total. The van der Waals surface area contributed by atoms with Gasteiger partial charge in [-0.05, 0) is 25.1 Å². The third-order valence-electron chi connectivity index (χ3n) is 2.25. The fraction of sp³-hybridized carbons (Fsp3) is 0.0909. The number of hydrogen-bond donors (Lipinski definition) is 2. The Hall–Kier alpha value is -1.33. The van der Waals surface area contributed by atoms with Gasteiger partial charge in [-0.2, -0.15) is 5.10 Å². The minimum atomic E-state index is -0.240. The van der Waals surface area contributed by atoms with Crippen LogP contribution < -0.4 is 5.32 Å². The van der Waals surface area contributed by atoms with Gasteiger partial charge in [0.15, 0.2) is 0 Å². The molecular weight excluding hydrogens is 305 g/mol. The van der Waals surface area contributed by atoms with E-state index in [0.29, 0.717) is 22.0 Å². The normalized spacial score (nSPS) is 10.3. The number of nitrogens with one attached hydrogen (secondary N) is 2. The van der Waals surface area contributed by atoms with E-state index in [0.717, 1.165) is 4.47 Å². The number of halogens is 2. The SMILES string of the molecule is Cc1[nH]ncc1C(=O)Nc1cc(Br)ccc1Cl. The van der Waals surface area contributed by atoms with Crippen molar-refractivity contribution in [3.8, 4) is 0 Å². The Morgan fingerprint density at radius 1 is 1.53 bits per heavy atom. The molecule has 1 heterocycles. The molecule has 88 valence electrons. The highest BCUT2D eigenvalue weighted by atomic mass is 79.9. The van der Waals surface area contributed by atoms with Crippen LogP contribution in [-0.2, 0) is 0 Å². The Bertz CT molecular complexity index is 568. The second-order valence-corrected chi connectivity index (χ2v) is 4.81. The first-order valence-electron chi connectivity index (χ1n) is 4.84. The molecule has 0 unspecified atom stereocenters. The molecule has 0 aliphatic heterocycles. The van der Waals surface area contributed by atoms with Crippen molar-refractivity contribution in [1.29, 1.82) is 0 Å². The number of carbonyl (C=O) groups is 1. The second-order valence-electron chi connectivity index (χ2n) is 3.49. The molecule has 6 heteroatoms. The van der Waals surface area contributed by atoms with E-state index in [1.807, 2.05) is 0 Å². The zero-order chi connectivity index (χ0) is 12.4. The molecule has 0 spiro atoms. The monoisotopic (exact) mass is 313 g/mol. The molecule has 17 heavy (non-hydrogen) atoms. The maximum absolute atomic E-state index is 11.9. The quantitative estimate of drug-likeness (QED) is 0.892. The molecule has 4 nitrogen and oxygen atoms in total. The largest absolute Gasteiger partial charge is 0.320 e. The van der Waals surface area contributed by atoms with Crippen LogP contribution in [0.3, 0.4) is 0 Å². The summed E-state index contributed by atoms with van der Waals surface area (Å²) in [5, 5.41) is 9.73. The van der Waals surface area contributed by atoms with Gasteiger partial charge in [-0.3, -0.25) is 9.89 Å². The number of aromatic amines is 1. The zero-order valence-corrected chi connectivity index (χ0v) is 11.3. The van der Waals surface area contributed by atoms with E-state index in [9.17, 15) is 4.79 Å². The van der Waals surface area contributed by atoms with Gasteiger partial charge in [0.1, 0.15) is 0 Å². The first-order valence-corrected chi connectivity index (χ1v) is 6.01. The number of rotatable bonds is 2. The molecule has 1 aromatic heterocycles. The summed E-state index contributed by atoms with van der Waals surface area (Å²) in [6.07, 6.45) is 1.48. The van der Waals surface area contributed by atoms with Crippen molar-refractivity contribution >= 4 is 39.1 Å². The standard InChI is InChI=1S/C11H9BrClN3O/c1-6-8(5-14-16-6)11(17)15-10-4-7(12)2-3-9(10)13/h2-5H,1H3,(H,14,16)(H,15,17). The van der Waals surface area contributed by atoms with Crippen LogP contribution in [0.1, 0.15) is 16.1 Å². The molecule has 0 fully saturated rings. The number of benzene rings is 1. The maximum Gasteiger partial charge on any atom is 0.259 e. The first-order chi connectivity index (χ1) is 8.08. The Kier molecular flexibility index (Phi) is 3.49. The van der Waals surface area contributed by atoms with Crippen molar-refractivity contribution in [2.45, 2.75) is 6.92 Å². The van der Waals surface area contributed by atoms with Gasteiger partial charge in [0.25, 0.3) is 5.91 Å². The number of aromatic nitrogens is 2. The second kappa shape index (κ2) is 4.89. The first kappa shape index (κ1) is 12.1. The van der Waals surface area contributed by atoms with Gasteiger partial charge in [-0.25, -0.2) is 0 Å². The van der Waals surface area contributed by atoms with E-state index < -0.39 is 0 Å². The number of anilines is 1. The van der Waals surface area contributed by atoms with E-state index >= 15 is 0 Å². The van der Waals surface area contributed by atoms with E-state index in [1.165, 1.54) is 6.20 Å². The van der Waals surface area contributed by atoms with Crippen LogP contribution >= 0.6 is 27.5 Å². The van der Waals surface area contributed by atoms with E-state index in [-0.39, 0.29) is 5.91 Å². The number of aryl methyl sites for hydroxylation is 1. The summed E-state index contributed by atoms with van der Waals surface area (Å²) < 4.78 is 0.848. The summed E-state index contributed by atoms with van der Waals surface area (Å²) in [6, 6.07) is 5.26. The smallest absolute Gasteiger partial charge is 0.259 e. The predicted molar refractivity (Wildman–Crippen MR) is 70.4 cm³/mol. The Morgan fingerprint density at radius 2 is 2.29 bits per heavy atom. The fourth-order valence-corrected chi connectivity index (χ4v) is 1.89. The van der Waals surface area contributed by atoms with Crippen molar-refractivity contribution in [2.24, 2.45) is 0 Å². The van der Waals surface area contributed by atoms with Crippen LogP contribution in [0.4, 0.5) is 5.69 Å². The Morgan fingerprint density at radius 3 is 2.94 bits per heavy atom. The molecule has 0 bridgehead atoms. The number of hydrogen-bond acceptors (Lipinski definition) is 2. The van der Waals surface area contributed by atoms with Gasteiger partial charge in [0.05, 0.1) is 22.5 Å². The van der Waals surface area contributed by atoms with Crippen LogP contribution in [0.25, 0.3) is 0 Å². The number of amides is 1. The van der Waals surface area contributed by atoms with Gasteiger partial charge < -0.3 is 5.32 Å². The van der Waals surface area contributed by atoms with E-state index in [1.54, 1.807) is 25.1 Å². The summed E-state index contributed by atoms with van der Waals surface area (Å²) in [6.45, 7) is 1.78. The zero-order valence-electron chi connectivity index (χ0n) is 8.92. The van der Waals surface area contributed by atoms with Crippen LogP contribution in [0.2, 0.25) is 5.02 Å². The lowest BCUT2D eigenvalue weighted by molar-refractivity contribution is 0.102. The molecule has 2 rings (SSSR count). The van der Waals surface area contributed by atoms with Gasteiger partial charge in [0.2, 0.25) is 0 Å². The Labute approximate surface area is 111 Å². The summed E-state index contributed by atoms with van der Waals surface area (Å²) >= 11 is 9.30. The molecule has 0 atom stereocenters. The summed E-state index contributed by atoms with van der Waals surface area (Å²) in [5.41, 5.74) is 1.78. The summed E-state index contributed by atoms with van der Waals surface area (Å²) in [5.74, 6) is -0.240. The Balaban J connectivity index is 2.24. The van der Waals surface area contributed by atoms with Crippen LogP contribution in [0, 0.1) is 6.92 Å². The van der Waals surface area contributed by atoms with Crippen molar-refractivity contribution in [1.82, 2.24) is 10.2 Å². The molecule has 0 saturated carbocycles. The molecule has 0 aliphatic rings. The third kappa shape index (κ3) is 2.68. The van der Waals surface area contributed by atoms with Gasteiger partial charge in [0, 0.05) is 10.2 Å². The lowest BCUT2D eigenvalue weighted by atomic mass is 10.2. The van der Waals surface area contributed by atoms with Gasteiger partial charge in [-0.15, -0.1) is 0 Å². The van der Waals surface area contributed by atoms with Crippen molar-refractivity contribution in [2.75, 3.05) is 5.32 Å². The van der Waals surface area contributed by atoms with Gasteiger partial charge in [-0.1, -0.05) is 27.5 Å². The molecule has 1 aromatic carbocycles. The van der Waals surface area contributed by atoms with Crippen LogP contribution in [-0.4, -0.2) is 16.1 Å². The highest BCUT2D eigenvalue weighted by Crippen LogP contribution is 2.26. The highest BCUT2D eigenvalue weighted by molar-refractivity contribution is 9.10. The molecule has 0 aliphatic carbocycles. The predicted octanol–water partition coefficient (Wildman–Crippen LogP) is 3.39. The number of carbonyl (C=O) groups excluding carboxylic acids is 1. The molecule has 0 radical (unpaired) electrons. The summed E-state index contributed by atoms with van der Waals surface area (Å²) in [7, 11) is 0. The van der Waals surface area contributed by atoms with Crippen LogP contribution in [0.5, 0.6) is 0 Å². The average molecular weight is 315 g/mol. The highest BCUT2D eigenvalue weighted by Gasteiger charge is 2.12.